The average Bonchev–Trinajstić information content (AvgIpc) is 2.81. The zero-order valence-electron chi connectivity index (χ0n) is 10.9. The molecule has 1 aromatic carbocycles. The fourth-order valence-electron chi connectivity index (χ4n) is 2.13. The Morgan fingerprint density at radius 2 is 1.89 bits per heavy atom. The first-order valence-electron chi connectivity index (χ1n) is 6.50. The number of para-hydroxylation sites is 1. The van der Waals surface area contributed by atoms with Gasteiger partial charge in [0.25, 0.3) is 5.91 Å². The van der Waals surface area contributed by atoms with Gasteiger partial charge in [0.15, 0.2) is 5.69 Å². The van der Waals surface area contributed by atoms with Gasteiger partial charge in [-0.15, -0.1) is 0 Å². The van der Waals surface area contributed by atoms with Gasteiger partial charge in [0, 0.05) is 18.5 Å². The van der Waals surface area contributed by atoms with E-state index in [9.17, 15) is 4.79 Å². The van der Waals surface area contributed by atoms with Gasteiger partial charge in [-0.2, -0.15) is 5.10 Å². The summed E-state index contributed by atoms with van der Waals surface area (Å²) < 4.78 is 0. The molecule has 0 aliphatic heterocycles. The van der Waals surface area contributed by atoms with Crippen LogP contribution in [0.1, 0.15) is 37.2 Å². The fourth-order valence-corrected chi connectivity index (χ4v) is 2.13. The van der Waals surface area contributed by atoms with Crippen LogP contribution in [0.5, 0.6) is 0 Å². The molecule has 4 nitrogen and oxygen atoms in total. The van der Waals surface area contributed by atoms with Crippen molar-refractivity contribution in [2.24, 2.45) is 0 Å². The van der Waals surface area contributed by atoms with Crippen LogP contribution in [-0.2, 0) is 0 Å². The third-order valence-electron chi connectivity index (χ3n) is 2.95. The number of aromatic nitrogens is 2. The number of hydrogen-bond donors (Lipinski definition) is 1. The molecule has 0 fully saturated rings. The number of carbonyl (C=O) groups is 1. The van der Waals surface area contributed by atoms with Crippen LogP contribution >= 0.6 is 0 Å². The Morgan fingerprint density at radius 3 is 2.56 bits per heavy atom. The van der Waals surface area contributed by atoms with Crippen LogP contribution in [0.2, 0.25) is 0 Å². The van der Waals surface area contributed by atoms with E-state index in [1.54, 1.807) is 0 Å². The van der Waals surface area contributed by atoms with Crippen LogP contribution in [0.3, 0.4) is 0 Å². The maximum Gasteiger partial charge on any atom is 0.274 e. The summed E-state index contributed by atoms with van der Waals surface area (Å²) >= 11 is 0. The predicted octanol–water partition coefficient (Wildman–Crippen LogP) is 2.83. The Hall–Kier alpha value is -1.84. The van der Waals surface area contributed by atoms with E-state index >= 15 is 0 Å². The molecule has 0 bridgehead atoms. The quantitative estimate of drug-likeness (QED) is 0.880. The second-order valence-electron chi connectivity index (χ2n) is 4.41. The van der Waals surface area contributed by atoms with Crippen LogP contribution in [-0.4, -0.2) is 34.1 Å². The molecule has 2 rings (SSSR count). The lowest BCUT2D eigenvalue weighted by molar-refractivity contribution is 0.0751. The maximum atomic E-state index is 12.4. The Kier molecular flexibility index (Phi) is 3.97. The lowest BCUT2D eigenvalue weighted by Gasteiger charge is -2.20. The van der Waals surface area contributed by atoms with Crippen LogP contribution in [0.25, 0.3) is 10.9 Å². The van der Waals surface area contributed by atoms with Crippen molar-refractivity contribution in [3.8, 4) is 0 Å². The number of amides is 1. The van der Waals surface area contributed by atoms with Gasteiger partial charge in [-0.25, -0.2) is 0 Å². The van der Waals surface area contributed by atoms with Crippen LogP contribution in [0.4, 0.5) is 0 Å². The highest BCUT2D eigenvalue weighted by Crippen LogP contribution is 2.17. The Bertz CT molecular complexity index is 527. The SMILES string of the molecule is CCCN(CCC)C(=O)c1n[nH]c2ccccc12. The van der Waals surface area contributed by atoms with Crippen molar-refractivity contribution in [2.45, 2.75) is 26.7 Å². The van der Waals surface area contributed by atoms with E-state index in [0.29, 0.717) is 5.69 Å². The molecule has 0 spiro atoms. The van der Waals surface area contributed by atoms with Crippen molar-refractivity contribution in [2.75, 3.05) is 13.1 Å². The molecule has 0 saturated heterocycles. The van der Waals surface area contributed by atoms with Gasteiger partial charge in [-0.3, -0.25) is 9.89 Å². The highest BCUT2D eigenvalue weighted by atomic mass is 16.2. The number of rotatable bonds is 5. The smallest absolute Gasteiger partial charge is 0.274 e. The van der Waals surface area contributed by atoms with Crippen molar-refractivity contribution in [3.05, 3.63) is 30.0 Å². The van der Waals surface area contributed by atoms with E-state index in [2.05, 4.69) is 24.0 Å². The molecule has 1 N–H and O–H groups in total. The lowest BCUT2D eigenvalue weighted by Crippen LogP contribution is -2.32. The zero-order chi connectivity index (χ0) is 13.0. The molecule has 0 saturated carbocycles. The number of H-pyrrole nitrogens is 1. The summed E-state index contributed by atoms with van der Waals surface area (Å²) in [5, 5.41) is 7.98. The lowest BCUT2D eigenvalue weighted by atomic mass is 10.2. The van der Waals surface area contributed by atoms with Gasteiger partial charge in [0.05, 0.1) is 5.52 Å². The number of benzene rings is 1. The van der Waals surface area contributed by atoms with E-state index in [1.165, 1.54) is 0 Å². The minimum Gasteiger partial charge on any atom is -0.337 e. The monoisotopic (exact) mass is 245 g/mol. The van der Waals surface area contributed by atoms with Gasteiger partial charge in [-0.05, 0) is 18.9 Å². The van der Waals surface area contributed by atoms with Gasteiger partial charge < -0.3 is 4.90 Å². The van der Waals surface area contributed by atoms with Crippen molar-refractivity contribution >= 4 is 16.8 Å². The molecule has 96 valence electrons. The molecule has 1 aromatic heterocycles. The molecular formula is C14H19N3O. The third-order valence-corrected chi connectivity index (χ3v) is 2.95. The molecule has 0 aliphatic carbocycles. The van der Waals surface area contributed by atoms with Gasteiger partial charge in [0.1, 0.15) is 0 Å². The van der Waals surface area contributed by atoms with Crippen LogP contribution in [0.15, 0.2) is 24.3 Å². The maximum absolute atomic E-state index is 12.4. The summed E-state index contributed by atoms with van der Waals surface area (Å²) in [6.07, 6.45) is 1.93. The van der Waals surface area contributed by atoms with Crippen molar-refractivity contribution in [3.63, 3.8) is 0 Å². The van der Waals surface area contributed by atoms with E-state index < -0.39 is 0 Å². The molecule has 18 heavy (non-hydrogen) atoms. The Labute approximate surface area is 107 Å². The third kappa shape index (κ3) is 2.37. The van der Waals surface area contributed by atoms with Crippen molar-refractivity contribution < 1.29 is 4.79 Å². The summed E-state index contributed by atoms with van der Waals surface area (Å²) in [5.41, 5.74) is 1.45. The molecule has 4 heteroatoms. The first kappa shape index (κ1) is 12.6. The average molecular weight is 245 g/mol. The van der Waals surface area contributed by atoms with E-state index in [-0.39, 0.29) is 5.91 Å². The fraction of sp³-hybridized carbons (Fsp3) is 0.429. The summed E-state index contributed by atoms with van der Waals surface area (Å²) in [7, 11) is 0. The van der Waals surface area contributed by atoms with Crippen LogP contribution in [0, 0.1) is 0 Å². The Morgan fingerprint density at radius 1 is 1.22 bits per heavy atom. The topological polar surface area (TPSA) is 49.0 Å². The van der Waals surface area contributed by atoms with Gasteiger partial charge in [-0.1, -0.05) is 32.0 Å². The van der Waals surface area contributed by atoms with E-state index in [4.69, 9.17) is 0 Å². The summed E-state index contributed by atoms with van der Waals surface area (Å²) in [5.74, 6) is 0.0242. The Balaban J connectivity index is 2.31. The largest absolute Gasteiger partial charge is 0.337 e. The number of nitrogens with one attached hydrogen (secondary N) is 1. The van der Waals surface area contributed by atoms with Crippen molar-refractivity contribution in [1.29, 1.82) is 0 Å². The van der Waals surface area contributed by atoms with Crippen LogP contribution < -0.4 is 0 Å². The molecule has 0 unspecified atom stereocenters. The molecule has 0 aliphatic rings. The second-order valence-corrected chi connectivity index (χ2v) is 4.41. The molecule has 2 aromatic rings. The van der Waals surface area contributed by atoms with E-state index in [0.717, 1.165) is 36.8 Å². The second kappa shape index (κ2) is 5.67. The van der Waals surface area contributed by atoms with Gasteiger partial charge >= 0.3 is 0 Å². The molecule has 1 heterocycles. The number of hydrogen-bond acceptors (Lipinski definition) is 2. The highest BCUT2D eigenvalue weighted by molar-refractivity contribution is 6.04. The normalized spacial score (nSPS) is 10.8. The number of aromatic amines is 1. The van der Waals surface area contributed by atoms with Crippen molar-refractivity contribution in [1.82, 2.24) is 15.1 Å². The summed E-state index contributed by atoms with van der Waals surface area (Å²) in [6, 6.07) is 7.73. The highest BCUT2D eigenvalue weighted by Gasteiger charge is 2.19. The molecule has 1 amide bonds. The number of fused-ring (bicyclic) bond motifs is 1. The summed E-state index contributed by atoms with van der Waals surface area (Å²) in [4.78, 5) is 14.3. The predicted molar refractivity (Wildman–Crippen MR) is 72.6 cm³/mol. The molecule has 0 radical (unpaired) electrons. The first-order valence-corrected chi connectivity index (χ1v) is 6.50. The number of nitrogens with zero attached hydrogens (tertiary/aromatic N) is 2. The molecular weight excluding hydrogens is 226 g/mol. The summed E-state index contributed by atoms with van der Waals surface area (Å²) in [6.45, 7) is 5.74. The first-order chi connectivity index (χ1) is 8.77. The molecule has 0 atom stereocenters. The zero-order valence-corrected chi connectivity index (χ0v) is 10.9. The standard InChI is InChI=1S/C14H19N3O/c1-3-9-17(10-4-2)14(18)13-11-7-5-6-8-12(11)15-16-13/h5-8H,3-4,9-10H2,1-2H3,(H,15,16). The minimum atomic E-state index is 0.0242. The van der Waals surface area contributed by atoms with E-state index in [1.807, 2.05) is 29.2 Å². The number of carbonyl (C=O) groups excluding carboxylic acids is 1. The minimum absolute atomic E-state index is 0.0242. The van der Waals surface area contributed by atoms with Gasteiger partial charge in [0.2, 0.25) is 0 Å².